The number of sulfone groups is 1. The molecular weight excluding hydrogens is 238 g/mol. The van der Waals surface area contributed by atoms with Crippen molar-refractivity contribution in [2.45, 2.75) is 11.4 Å². The van der Waals surface area contributed by atoms with Crippen molar-refractivity contribution in [2.75, 3.05) is 13.4 Å². The van der Waals surface area contributed by atoms with Gasteiger partial charge in [0, 0.05) is 12.8 Å². The van der Waals surface area contributed by atoms with Crippen molar-refractivity contribution in [3.63, 3.8) is 0 Å². The molecule has 0 aromatic heterocycles. The average molecular weight is 250 g/mol. The minimum Gasteiger partial charge on any atom is -0.494 e. The molecule has 0 aliphatic rings. The second kappa shape index (κ2) is 4.38. The van der Waals surface area contributed by atoms with E-state index in [-0.39, 0.29) is 22.2 Å². The van der Waals surface area contributed by atoms with Crippen LogP contribution < -0.4 is 10.5 Å². The monoisotopic (exact) mass is 249 g/mol. The van der Waals surface area contributed by atoms with Gasteiger partial charge in [0.2, 0.25) is 0 Å². The van der Waals surface area contributed by atoms with E-state index in [4.69, 9.17) is 22.1 Å². The molecule has 0 aliphatic heterocycles. The van der Waals surface area contributed by atoms with Crippen molar-refractivity contribution >= 4 is 21.4 Å². The fourth-order valence-corrected chi connectivity index (χ4v) is 2.48. The van der Waals surface area contributed by atoms with E-state index in [1.165, 1.54) is 13.2 Å². The molecule has 0 amide bonds. The van der Waals surface area contributed by atoms with Gasteiger partial charge in [0.1, 0.15) is 4.90 Å². The van der Waals surface area contributed by atoms with Gasteiger partial charge >= 0.3 is 0 Å². The van der Waals surface area contributed by atoms with Gasteiger partial charge in [0.25, 0.3) is 0 Å². The Labute approximate surface area is 93.9 Å². The molecule has 6 heteroatoms. The van der Waals surface area contributed by atoms with Gasteiger partial charge in [-0.15, -0.1) is 0 Å². The maximum absolute atomic E-state index is 11.5. The predicted molar refractivity (Wildman–Crippen MR) is 59.0 cm³/mol. The van der Waals surface area contributed by atoms with Crippen LogP contribution in [0.25, 0.3) is 0 Å². The van der Waals surface area contributed by atoms with Gasteiger partial charge in [-0.2, -0.15) is 0 Å². The number of nitrogens with two attached hydrogens (primary N) is 1. The molecular formula is C9H12ClNO3S. The first-order valence-corrected chi connectivity index (χ1v) is 6.43. The van der Waals surface area contributed by atoms with E-state index in [9.17, 15) is 8.42 Å². The molecule has 0 atom stereocenters. The quantitative estimate of drug-likeness (QED) is 0.874. The summed E-state index contributed by atoms with van der Waals surface area (Å²) in [6.07, 6.45) is 1.10. The highest BCUT2D eigenvalue weighted by Crippen LogP contribution is 2.33. The molecule has 1 rings (SSSR count). The lowest BCUT2D eigenvalue weighted by molar-refractivity contribution is 0.403. The lowest BCUT2D eigenvalue weighted by Crippen LogP contribution is -2.04. The Morgan fingerprint density at radius 3 is 2.47 bits per heavy atom. The van der Waals surface area contributed by atoms with Crippen LogP contribution in [0.15, 0.2) is 17.0 Å². The van der Waals surface area contributed by atoms with Gasteiger partial charge in [0.15, 0.2) is 15.6 Å². The third-order valence-electron chi connectivity index (χ3n) is 1.91. The van der Waals surface area contributed by atoms with E-state index >= 15 is 0 Å². The number of methoxy groups -OCH3 is 1. The Morgan fingerprint density at radius 2 is 2.07 bits per heavy atom. The molecule has 0 aliphatic carbocycles. The summed E-state index contributed by atoms with van der Waals surface area (Å²) in [5, 5.41) is 0.251. The van der Waals surface area contributed by atoms with Crippen molar-refractivity contribution in [1.29, 1.82) is 0 Å². The number of ether oxygens (including phenoxy) is 1. The van der Waals surface area contributed by atoms with Crippen LogP contribution in [0.2, 0.25) is 5.02 Å². The third kappa shape index (κ3) is 2.62. The number of hydrogen-bond donors (Lipinski definition) is 1. The number of benzene rings is 1. The molecule has 0 heterocycles. The number of halogens is 1. The van der Waals surface area contributed by atoms with Crippen LogP contribution in [0.1, 0.15) is 5.56 Å². The van der Waals surface area contributed by atoms with Crippen molar-refractivity contribution in [2.24, 2.45) is 5.73 Å². The summed E-state index contributed by atoms with van der Waals surface area (Å²) in [6.45, 7) is 0.228. The summed E-state index contributed by atoms with van der Waals surface area (Å²) in [4.78, 5) is 0.0675. The summed E-state index contributed by atoms with van der Waals surface area (Å²) in [5.74, 6) is 0.163. The SMILES string of the molecule is COc1c(Cl)cc(CN)cc1S(C)(=O)=O. The first-order chi connectivity index (χ1) is 6.90. The Kier molecular flexibility index (Phi) is 3.59. The normalized spacial score (nSPS) is 11.5. The summed E-state index contributed by atoms with van der Waals surface area (Å²) in [7, 11) is -1.99. The van der Waals surface area contributed by atoms with Gasteiger partial charge in [-0.3, -0.25) is 0 Å². The van der Waals surface area contributed by atoms with Crippen LogP contribution in [0.5, 0.6) is 5.75 Å². The molecule has 0 saturated carbocycles. The molecule has 15 heavy (non-hydrogen) atoms. The molecule has 4 nitrogen and oxygen atoms in total. The van der Waals surface area contributed by atoms with Gasteiger partial charge < -0.3 is 10.5 Å². The maximum atomic E-state index is 11.5. The van der Waals surface area contributed by atoms with E-state index in [2.05, 4.69) is 0 Å². The van der Waals surface area contributed by atoms with E-state index in [0.29, 0.717) is 5.56 Å². The molecule has 0 bridgehead atoms. The standard InChI is InChI=1S/C9H12ClNO3S/c1-14-9-7(10)3-6(5-11)4-8(9)15(2,12)13/h3-4H,5,11H2,1-2H3. The molecule has 0 radical (unpaired) electrons. The van der Waals surface area contributed by atoms with Crippen LogP contribution in [0.4, 0.5) is 0 Å². The van der Waals surface area contributed by atoms with Crippen molar-refractivity contribution in [3.8, 4) is 5.75 Å². The molecule has 0 saturated heterocycles. The smallest absolute Gasteiger partial charge is 0.179 e. The van der Waals surface area contributed by atoms with Crippen molar-refractivity contribution in [3.05, 3.63) is 22.7 Å². The van der Waals surface area contributed by atoms with E-state index in [1.807, 2.05) is 0 Å². The summed E-state index contributed by atoms with van der Waals surface area (Å²) in [6, 6.07) is 3.06. The van der Waals surface area contributed by atoms with E-state index in [0.717, 1.165) is 6.26 Å². The zero-order chi connectivity index (χ0) is 11.6. The maximum Gasteiger partial charge on any atom is 0.179 e. The molecule has 84 valence electrons. The second-order valence-electron chi connectivity index (χ2n) is 3.09. The number of hydrogen-bond acceptors (Lipinski definition) is 4. The average Bonchev–Trinajstić information content (AvgIpc) is 2.15. The minimum absolute atomic E-state index is 0.0675. The Bertz CT molecular complexity index is 470. The second-order valence-corrected chi connectivity index (χ2v) is 5.48. The van der Waals surface area contributed by atoms with Crippen LogP contribution in [0.3, 0.4) is 0 Å². The zero-order valence-corrected chi connectivity index (χ0v) is 10.0. The Morgan fingerprint density at radius 1 is 1.47 bits per heavy atom. The first-order valence-electron chi connectivity index (χ1n) is 4.16. The molecule has 1 aromatic rings. The summed E-state index contributed by atoms with van der Waals surface area (Å²) >= 11 is 5.87. The fraction of sp³-hybridized carbons (Fsp3) is 0.333. The van der Waals surface area contributed by atoms with Gasteiger partial charge in [-0.25, -0.2) is 8.42 Å². The number of rotatable bonds is 3. The van der Waals surface area contributed by atoms with Crippen LogP contribution in [-0.2, 0) is 16.4 Å². The topological polar surface area (TPSA) is 69.4 Å². The van der Waals surface area contributed by atoms with Crippen LogP contribution >= 0.6 is 11.6 Å². The molecule has 0 fully saturated rings. The summed E-state index contributed by atoms with van der Waals surface area (Å²) < 4.78 is 27.9. The van der Waals surface area contributed by atoms with Gasteiger partial charge in [-0.1, -0.05) is 11.6 Å². The van der Waals surface area contributed by atoms with Gasteiger partial charge in [0.05, 0.1) is 12.1 Å². The van der Waals surface area contributed by atoms with Crippen molar-refractivity contribution < 1.29 is 13.2 Å². The molecule has 2 N–H and O–H groups in total. The largest absolute Gasteiger partial charge is 0.494 e. The van der Waals surface area contributed by atoms with Crippen molar-refractivity contribution in [1.82, 2.24) is 0 Å². The predicted octanol–water partition coefficient (Wildman–Crippen LogP) is 1.21. The Balaban J connectivity index is 3.53. The fourth-order valence-electron chi connectivity index (χ4n) is 1.21. The minimum atomic E-state index is -3.37. The lowest BCUT2D eigenvalue weighted by Gasteiger charge is -2.10. The highest BCUT2D eigenvalue weighted by molar-refractivity contribution is 7.90. The lowest BCUT2D eigenvalue weighted by atomic mass is 10.2. The summed E-state index contributed by atoms with van der Waals surface area (Å²) in [5.41, 5.74) is 6.08. The van der Waals surface area contributed by atoms with Gasteiger partial charge in [-0.05, 0) is 17.7 Å². The highest BCUT2D eigenvalue weighted by atomic mass is 35.5. The first kappa shape index (κ1) is 12.3. The molecule has 0 spiro atoms. The zero-order valence-electron chi connectivity index (χ0n) is 8.45. The van der Waals surface area contributed by atoms with E-state index < -0.39 is 9.84 Å². The van der Waals surface area contributed by atoms with Crippen LogP contribution in [0, 0.1) is 0 Å². The van der Waals surface area contributed by atoms with Crippen LogP contribution in [-0.4, -0.2) is 21.8 Å². The third-order valence-corrected chi connectivity index (χ3v) is 3.29. The highest BCUT2D eigenvalue weighted by Gasteiger charge is 2.18. The van der Waals surface area contributed by atoms with E-state index in [1.54, 1.807) is 6.07 Å². The Hall–Kier alpha value is -0.780. The molecule has 1 aromatic carbocycles. The molecule has 0 unspecified atom stereocenters.